The fourth-order valence-corrected chi connectivity index (χ4v) is 3.15. The van der Waals surface area contributed by atoms with Crippen molar-refractivity contribution in [3.05, 3.63) is 69.5 Å². The van der Waals surface area contributed by atoms with Gasteiger partial charge in [0.2, 0.25) is 0 Å². The quantitative estimate of drug-likeness (QED) is 0.662. The molecule has 0 aliphatic heterocycles. The van der Waals surface area contributed by atoms with Crippen LogP contribution in [-0.4, -0.2) is 35.3 Å². The van der Waals surface area contributed by atoms with E-state index in [2.05, 4.69) is 5.73 Å². The van der Waals surface area contributed by atoms with Gasteiger partial charge in [0, 0.05) is 29.7 Å². The Morgan fingerprint density at radius 1 is 1.21 bits per heavy atom. The summed E-state index contributed by atoms with van der Waals surface area (Å²) < 4.78 is 1.29. The van der Waals surface area contributed by atoms with E-state index in [-0.39, 0.29) is 17.0 Å². The van der Waals surface area contributed by atoms with Gasteiger partial charge < -0.3 is 25.4 Å². The summed E-state index contributed by atoms with van der Waals surface area (Å²) in [5.74, 6) is -1.26. The standard InChI is InChI=1S/C19H17ClN2O3.C2H7NO/c1-3-22(12-8-5-4-6-9-12)19(25)16-17(23)15-13(20)10-7-11-14(15)21(2)18(16)24;3-1-2-4/h4-11,23H,3H2,1-2H3;4H,1-3H2. The van der Waals surface area contributed by atoms with Crippen LogP contribution in [0.5, 0.6) is 5.75 Å². The van der Waals surface area contributed by atoms with Crippen molar-refractivity contribution < 1.29 is 20.7 Å². The van der Waals surface area contributed by atoms with Crippen LogP contribution in [0.1, 0.15) is 17.3 Å². The molecule has 0 spiro atoms. The lowest BCUT2D eigenvalue weighted by Gasteiger charge is -2.25. The van der Waals surface area contributed by atoms with Crippen LogP contribution in [0.3, 0.4) is 0 Å². The first-order valence-corrected chi connectivity index (χ1v) is 9.52. The van der Waals surface area contributed by atoms with Crippen LogP contribution < -0.4 is 21.3 Å². The summed E-state index contributed by atoms with van der Waals surface area (Å²) in [6, 6.07) is 13.8. The van der Waals surface area contributed by atoms with Crippen molar-refractivity contribution in [3.8, 4) is 5.75 Å². The van der Waals surface area contributed by atoms with Gasteiger partial charge in [0.25, 0.3) is 11.5 Å². The average Bonchev–Trinajstić information content (AvgIpc) is 2.73. The van der Waals surface area contributed by atoms with Gasteiger partial charge in [-0.1, -0.05) is 41.6 Å². The number of anilines is 1. The Kier molecular flexibility index (Phi) is 7.78. The molecule has 3 aromatic rings. The van der Waals surface area contributed by atoms with Crippen molar-refractivity contribution in [3.63, 3.8) is 0 Å². The molecule has 8 heteroatoms. The van der Waals surface area contributed by atoms with Gasteiger partial charge in [-0.3, -0.25) is 9.59 Å². The minimum Gasteiger partial charge on any atom is -0.871 e. The van der Waals surface area contributed by atoms with E-state index in [1.807, 2.05) is 6.07 Å². The van der Waals surface area contributed by atoms with Crippen molar-refractivity contribution in [2.75, 3.05) is 24.6 Å². The minimum atomic E-state index is -0.636. The Bertz CT molecular complexity index is 1050. The fraction of sp³-hybridized carbons (Fsp3) is 0.238. The van der Waals surface area contributed by atoms with Gasteiger partial charge in [-0.25, -0.2) is 0 Å². The van der Waals surface area contributed by atoms with E-state index >= 15 is 0 Å². The highest BCUT2D eigenvalue weighted by atomic mass is 35.5. The average molecular weight is 418 g/mol. The molecule has 0 saturated heterocycles. The van der Waals surface area contributed by atoms with Crippen molar-refractivity contribution >= 4 is 34.1 Å². The van der Waals surface area contributed by atoms with Crippen LogP contribution in [-0.2, 0) is 7.05 Å². The molecule has 0 atom stereocenters. The summed E-state index contributed by atoms with van der Waals surface area (Å²) in [7, 11) is 1.52. The van der Waals surface area contributed by atoms with Gasteiger partial charge in [0.05, 0.1) is 24.2 Å². The van der Waals surface area contributed by atoms with E-state index in [0.717, 1.165) is 0 Å². The van der Waals surface area contributed by atoms with E-state index in [1.165, 1.54) is 16.5 Å². The normalized spacial score (nSPS) is 10.4. The molecule has 2 aromatic carbocycles. The Labute approximate surface area is 173 Å². The molecule has 0 fully saturated rings. The number of aryl methyl sites for hydroxylation is 1. The Morgan fingerprint density at radius 2 is 1.83 bits per heavy atom. The summed E-state index contributed by atoms with van der Waals surface area (Å²) in [5, 5.41) is 21.1. The molecule has 0 saturated carbocycles. The van der Waals surface area contributed by atoms with E-state index in [9.17, 15) is 14.7 Å². The van der Waals surface area contributed by atoms with Crippen LogP contribution >= 0.6 is 11.6 Å². The van der Waals surface area contributed by atoms with Gasteiger partial charge in [0.15, 0.2) is 0 Å². The molecule has 7 nitrogen and oxygen atoms in total. The highest BCUT2D eigenvalue weighted by molar-refractivity contribution is 6.36. The summed E-state index contributed by atoms with van der Waals surface area (Å²) in [6.07, 6.45) is 0. The smallest absolute Gasteiger partial charge is 0.263 e. The SMILES string of the molecule is CCN(C(=O)c1c([O-])c2c(Cl)cccc2n(C)c1=O)c1ccccc1.[NH3+]CCO. The summed E-state index contributed by atoms with van der Waals surface area (Å²) in [4.78, 5) is 27.1. The molecule has 3 rings (SSSR count). The third-order valence-electron chi connectivity index (χ3n) is 4.33. The Morgan fingerprint density at radius 3 is 2.38 bits per heavy atom. The van der Waals surface area contributed by atoms with E-state index in [4.69, 9.17) is 16.7 Å². The van der Waals surface area contributed by atoms with Crippen molar-refractivity contribution in [2.24, 2.45) is 7.05 Å². The number of aliphatic hydroxyl groups excluding tert-OH is 1. The molecule has 0 aliphatic rings. The second-order valence-electron chi connectivity index (χ2n) is 6.16. The first-order valence-electron chi connectivity index (χ1n) is 9.14. The minimum absolute atomic E-state index is 0.179. The molecule has 29 heavy (non-hydrogen) atoms. The number of para-hydroxylation sites is 1. The largest absolute Gasteiger partial charge is 0.871 e. The van der Waals surface area contributed by atoms with Crippen molar-refractivity contribution in [1.82, 2.24) is 4.57 Å². The highest BCUT2D eigenvalue weighted by Crippen LogP contribution is 2.31. The number of amides is 1. The highest BCUT2D eigenvalue weighted by Gasteiger charge is 2.23. The van der Waals surface area contributed by atoms with Gasteiger partial charge in [-0.15, -0.1) is 0 Å². The zero-order valence-corrected chi connectivity index (χ0v) is 17.1. The fourth-order valence-electron chi connectivity index (χ4n) is 2.89. The number of halogens is 1. The number of carbonyl (C=O) groups is 1. The van der Waals surface area contributed by atoms with Gasteiger partial charge in [-0.2, -0.15) is 0 Å². The number of aromatic nitrogens is 1. The summed E-state index contributed by atoms with van der Waals surface area (Å²) in [5.41, 5.74) is 3.36. The maximum absolute atomic E-state index is 13.0. The summed E-state index contributed by atoms with van der Waals surface area (Å²) in [6.45, 7) is 2.94. The third kappa shape index (κ3) is 4.59. The van der Waals surface area contributed by atoms with Gasteiger partial charge >= 0.3 is 0 Å². The molecule has 0 bridgehead atoms. The molecule has 1 amide bonds. The number of benzene rings is 2. The van der Waals surface area contributed by atoms with Crippen LogP contribution in [0.2, 0.25) is 5.02 Å². The van der Waals surface area contributed by atoms with Crippen LogP contribution in [0.4, 0.5) is 5.69 Å². The number of pyridine rings is 1. The number of quaternary nitrogens is 1. The molecule has 0 radical (unpaired) electrons. The Hall–Kier alpha value is -2.87. The summed E-state index contributed by atoms with van der Waals surface area (Å²) >= 11 is 6.15. The van der Waals surface area contributed by atoms with E-state index in [1.54, 1.807) is 49.4 Å². The van der Waals surface area contributed by atoms with Crippen molar-refractivity contribution in [1.29, 1.82) is 0 Å². The van der Waals surface area contributed by atoms with E-state index < -0.39 is 22.8 Å². The first-order chi connectivity index (χ1) is 13.9. The van der Waals surface area contributed by atoms with Gasteiger partial charge in [0.1, 0.15) is 0 Å². The maximum atomic E-state index is 13.0. The molecule has 4 N–H and O–H groups in total. The predicted octanol–water partition coefficient (Wildman–Crippen LogP) is 1.15. The number of carbonyl (C=O) groups excluding carboxylic acids is 1. The zero-order valence-electron chi connectivity index (χ0n) is 16.4. The van der Waals surface area contributed by atoms with Crippen LogP contribution in [0.25, 0.3) is 10.9 Å². The van der Waals surface area contributed by atoms with Gasteiger partial charge in [-0.05, 0) is 31.2 Å². The van der Waals surface area contributed by atoms with Crippen molar-refractivity contribution in [2.45, 2.75) is 6.92 Å². The number of fused-ring (bicyclic) bond motifs is 1. The lowest BCUT2D eigenvalue weighted by atomic mass is 10.1. The predicted molar refractivity (Wildman–Crippen MR) is 112 cm³/mol. The second-order valence-corrected chi connectivity index (χ2v) is 6.57. The number of nitrogens with zero attached hydrogens (tertiary/aromatic N) is 2. The monoisotopic (exact) mass is 417 g/mol. The van der Waals surface area contributed by atoms with Crippen LogP contribution in [0, 0.1) is 0 Å². The number of aliphatic hydroxyl groups is 1. The molecule has 1 heterocycles. The molecule has 154 valence electrons. The molecule has 0 unspecified atom stereocenters. The number of hydrogen-bond acceptors (Lipinski definition) is 4. The number of hydrogen-bond donors (Lipinski definition) is 2. The van der Waals surface area contributed by atoms with Crippen LogP contribution in [0.15, 0.2) is 53.3 Å². The zero-order chi connectivity index (χ0) is 21.6. The molecule has 1 aromatic heterocycles. The second kappa shape index (κ2) is 10.1. The molecule has 0 aliphatic carbocycles. The van der Waals surface area contributed by atoms with E-state index in [0.29, 0.717) is 24.3 Å². The maximum Gasteiger partial charge on any atom is 0.263 e. The first kappa shape index (κ1) is 22.4. The lowest BCUT2D eigenvalue weighted by Crippen LogP contribution is -2.51. The number of rotatable bonds is 4. The lowest BCUT2D eigenvalue weighted by molar-refractivity contribution is -0.372. The molecular formula is C21H24ClN3O4. The Balaban J connectivity index is 0.000000687. The third-order valence-corrected chi connectivity index (χ3v) is 4.64. The molecular weight excluding hydrogens is 394 g/mol. The topological polar surface area (TPSA) is 113 Å².